The highest BCUT2D eigenvalue weighted by atomic mass is 16.1. The molecule has 0 radical (unpaired) electrons. The van der Waals surface area contributed by atoms with Crippen molar-refractivity contribution in [3.05, 3.63) is 22.7 Å². The van der Waals surface area contributed by atoms with Gasteiger partial charge < -0.3 is 0 Å². The lowest BCUT2D eigenvalue weighted by Gasteiger charge is -1.88. The summed E-state index contributed by atoms with van der Waals surface area (Å²) in [5.41, 5.74) is 0.0989. The molecule has 0 aliphatic heterocycles. The number of hydrogen-bond donors (Lipinski definition) is 1. The van der Waals surface area contributed by atoms with Crippen molar-refractivity contribution in [3.8, 4) is 0 Å². The minimum atomic E-state index is -0.372. The second-order valence-electron chi connectivity index (χ2n) is 1.87. The van der Waals surface area contributed by atoms with Gasteiger partial charge in [-0.3, -0.25) is 4.79 Å². The van der Waals surface area contributed by atoms with Gasteiger partial charge in [0.1, 0.15) is 0 Å². The van der Waals surface area contributed by atoms with E-state index in [-0.39, 0.29) is 16.7 Å². The minimum Gasteiger partial charge on any atom is -0.265 e. The third kappa shape index (κ3) is 0.841. The van der Waals surface area contributed by atoms with Crippen LogP contribution in [0.2, 0.25) is 0 Å². The average Bonchev–Trinajstić information content (AvgIpc) is 2.06. The van der Waals surface area contributed by atoms with E-state index < -0.39 is 0 Å². The van der Waals surface area contributed by atoms with Crippen LogP contribution in [0, 0.1) is 0 Å². The summed E-state index contributed by atoms with van der Waals surface area (Å²) in [5.74, 6) is 0. The minimum absolute atomic E-state index is 0.211. The quantitative estimate of drug-likeness (QED) is 0.525. The first kappa shape index (κ1) is 5.90. The molecule has 0 aliphatic carbocycles. The molecule has 2 rings (SSSR count). The van der Waals surface area contributed by atoms with Crippen LogP contribution >= 0.6 is 0 Å². The van der Waals surface area contributed by atoms with Crippen LogP contribution in [0.4, 0.5) is 0 Å². The van der Waals surface area contributed by atoms with Crippen molar-refractivity contribution in [2.24, 2.45) is 0 Å². The third-order valence-corrected chi connectivity index (χ3v) is 1.19. The summed E-state index contributed by atoms with van der Waals surface area (Å²) in [5, 5.41) is 9.04. The van der Waals surface area contributed by atoms with Crippen molar-refractivity contribution in [1.29, 1.82) is 0 Å². The van der Waals surface area contributed by atoms with E-state index in [1.807, 2.05) is 0 Å². The highest BCUT2D eigenvalue weighted by Gasteiger charge is 1.98. The number of nitrogens with zero attached hydrogens (tertiary/aromatic N) is 4. The van der Waals surface area contributed by atoms with Gasteiger partial charge in [0.15, 0.2) is 5.52 Å². The van der Waals surface area contributed by atoms with Gasteiger partial charge >= 0.3 is 0 Å². The predicted molar refractivity (Wildman–Crippen MR) is 35.7 cm³/mol. The van der Waals surface area contributed by atoms with E-state index in [1.54, 1.807) is 0 Å². The molecule has 0 atom stereocenters. The Balaban J connectivity index is 3.03. The fraction of sp³-hybridized carbons (Fsp3) is 0. The molecular formula is C5H3N5O. The maximum Gasteiger partial charge on any atom is 0.295 e. The molecule has 2 aromatic heterocycles. The molecule has 6 heteroatoms. The van der Waals surface area contributed by atoms with E-state index in [4.69, 9.17) is 0 Å². The van der Waals surface area contributed by atoms with Crippen molar-refractivity contribution >= 4 is 11.2 Å². The van der Waals surface area contributed by atoms with Crippen molar-refractivity contribution in [2.45, 2.75) is 0 Å². The van der Waals surface area contributed by atoms with Crippen molar-refractivity contribution in [1.82, 2.24) is 25.4 Å². The van der Waals surface area contributed by atoms with Crippen LogP contribution in [-0.4, -0.2) is 25.4 Å². The number of fused-ring (bicyclic) bond motifs is 1. The molecule has 0 saturated heterocycles. The normalized spacial score (nSPS) is 10.2. The highest BCUT2D eigenvalue weighted by molar-refractivity contribution is 5.65. The van der Waals surface area contributed by atoms with E-state index in [0.717, 1.165) is 0 Å². The highest BCUT2D eigenvalue weighted by Crippen LogP contribution is 1.91. The summed E-state index contributed by atoms with van der Waals surface area (Å²) in [6, 6.07) is 0. The largest absolute Gasteiger partial charge is 0.295 e. The maximum absolute atomic E-state index is 10.9. The Morgan fingerprint density at radius 3 is 2.91 bits per heavy atom. The first-order valence-corrected chi connectivity index (χ1v) is 2.90. The summed E-state index contributed by atoms with van der Waals surface area (Å²) >= 11 is 0. The Kier molecular flexibility index (Phi) is 1.12. The number of hydrogen-bond acceptors (Lipinski definition) is 5. The predicted octanol–water partition coefficient (Wildman–Crippen LogP) is -0.892. The zero-order valence-corrected chi connectivity index (χ0v) is 5.35. The average molecular weight is 149 g/mol. The molecule has 0 aromatic carbocycles. The van der Waals surface area contributed by atoms with E-state index in [9.17, 15) is 4.79 Å². The van der Waals surface area contributed by atoms with Crippen LogP contribution in [0.5, 0.6) is 0 Å². The number of nitrogens with one attached hydrogen (secondary N) is 1. The van der Waals surface area contributed by atoms with Crippen LogP contribution in [0.25, 0.3) is 11.2 Å². The molecule has 2 heterocycles. The number of H-pyrrole nitrogens is 1. The number of aromatic nitrogens is 5. The SMILES string of the molecule is O=c1[nH]nnc2nccnc12. The topological polar surface area (TPSA) is 84.4 Å². The van der Waals surface area contributed by atoms with E-state index in [1.165, 1.54) is 12.4 Å². The third-order valence-electron chi connectivity index (χ3n) is 1.19. The summed E-state index contributed by atoms with van der Waals surface area (Å²) < 4.78 is 0. The van der Waals surface area contributed by atoms with Gasteiger partial charge in [-0.15, -0.1) is 5.10 Å². The van der Waals surface area contributed by atoms with Crippen molar-refractivity contribution < 1.29 is 0 Å². The molecule has 0 saturated carbocycles. The Labute approximate surface area is 60.3 Å². The second-order valence-corrected chi connectivity index (χ2v) is 1.87. The van der Waals surface area contributed by atoms with Gasteiger partial charge in [0.05, 0.1) is 0 Å². The summed E-state index contributed by atoms with van der Waals surface area (Å²) in [6.07, 6.45) is 2.88. The van der Waals surface area contributed by atoms with Crippen molar-refractivity contribution in [2.75, 3.05) is 0 Å². The van der Waals surface area contributed by atoms with Gasteiger partial charge in [0, 0.05) is 12.4 Å². The van der Waals surface area contributed by atoms with Crippen molar-refractivity contribution in [3.63, 3.8) is 0 Å². The second kappa shape index (κ2) is 2.08. The monoisotopic (exact) mass is 149 g/mol. The first-order chi connectivity index (χ1) is 5.38. The van der Waals surface area contributed by atoms with Gasteiger partial charge in [0.2, 0.25) is 5.65 Å². The summed E-state index contributed by atoms with van der Waals surface area (Å²) in [4.78, 5) is 18.5. The molecule has 0 bridgehead atoms. The molecular weight excluding hydrogens is 146 g/mol. The molecule has 0 fully saturated rings. The Hall–Kier alpha value is -1.85. The molecule has 11 heavy (non-hydrogen) atoms. The molecule has 0 amide bonds. The molecule has 0 unspecified atom stereocenters. The van der Waals surface area contributed by atoms with E-state index in [0.29, 0.717) is 0 Å². The van der Waals surface area contributed by atoms with Crippen LogP contribution in [0.15, 0.2) is 17.2 Å². The fourth-order valence-electron chi connectivity index (χ4n) is 0.735. The molecule has 0 spiro atoms. The number of aromatic amines is 1. The van der Waals surface area contributed by atoms with Crippen LogP contribution in [-0.2, 0) is 0 Å². The maximum atomic E-state index is 10.9. The first-order valence-electron chi connectivity index (χ1n) is 2.90. The molecule has 1 N–H and O–H groups in total. The van der Waals surface area contributed by atoms with Gasteiger partial charge in [-0.2, -0.15) is 0 Å². The van der Waals surface area contributed by atoms with Gasteiger partial charge in [0.25, 0.3) is 5.56 Å². The Morgan fingerprint density at radius 2 is 2.09 bits per heavy atom. The van der Waals surface area contributed by atoms with Crippen LogP contribution in [0.3, 0.4) is 0 Å². The molecule has 6 nitrogen and oxygen atoms in total. The molecule has 54 valence electrons. The lowest BCUT2D eigenvalue weighted by atomic mass is 10.5. The molecule has 2 aromatic rings. The summed E-state index contributed by atoms with van der Waals surface area (Å²) in [7, 11) is 0. The molecule has 0 aliphatic rings. The zero-order chi connectivity index (χ0) is 7.68. The Bertz CT molecular complexity index is 431. The van der Waals surface area contributed by atoms with E-state index in [2.05, 4.69) is 25.4 Å². The lowest BCUT2D eigenvalue weighted by molar-refractivity contribution is 0.857. The number of rotatable bonds is 0. The van der Waals surface area contributed by atoms with E-state index >= 15 is 0 Å². The fourth-order valence-corrected chi connectivity index (χ4v) is 0.735. The zero-order valence-electron chi connectivity index (χ0n) is 5.35. The smallest absolute Gasteiger partial charge is 0.265 e. The Morgan fingerprint density at radius 1 is 1.27 bits per heavy atom. The van der Waals surface area contributed by atoms with Gasteiger partial charge in [-0.1, -0.05) is 5.21 Å². The van der Waals surface area contributed by atoms with Crippen LogP contribution in [0.1, 0.15) is 0 Å². The van der Waals surface area contributed by atoms with Gasteiger partial charge in [-0.25, -0.2) is 15.1 Å². The lowest BCUT2D eigenvalue weighted by Crippen LogP contribution is -2.11. The standard InChI is InChI=1S/C5H3N5O/c11-5-3-4(8-10-9-5)7-2-1-6-3/h1-2H,(H,7,8,9,11). The summed E-state index contributed by atoms with van der Waals surface area (Å²) in [6.45, 7) is 0. The van der Waals surface area contributed by atoms with Gasteiger partial charge in [-0.05, 0) is 0 Å². The van der Waals surface area contributed by atoms with Crippen LogP contribution < -0.4 is 5.56 Å².